The molecular formula is C27H38. The molecule has 2 aromatic rings. The first-order valence-electron chi connectivity index (χ1n) is 9.61. The van der Waals surface area contributed by atoms with Crippen LogP contribution in [0.1, 0.15) is 63.8 Å². The van der Waals surface area contributed by atoms with Gasteiger partial charge < -0.3 is 0 Å². The Kier molecular flexibility index (Phi) is 11.1. The number of hydrogen-bond donors (Lipinski definition) is 0. The molecule has 146 valence electrons. The number of allylic oxidation sites excluding steroid dienone is 2. The first-order valence-corrected chi connectivity index (χ1v) is 9.61. The van der Waals surface area contributed by atoms with Crippen LogP contribution in [0.4, 0.5) is 0 Å². The molecule has 0 aliphatic rings. The van der Waals surface area contributed by atoms with Gasteiger partial charge in [0, 0.05) is 0 Å². The average Bonchev–Trinajstić information content (AvgIpc) is 2.62. The van der Waals surface area contributed by atoms with Gasteiger partial charge in [-0.15, -0.1) is 13.2 Å². The Balaban J connectivity index is 0.000000469. The summed E-state index contributed by atoms with van der Waals surface area (Å²) in [4.78, 5) is 0. The lowest BCUT2D eigenvalue weighted by molar-refractivity contribution is 0.590. The highest BCUT2D eigenvalue weighted by atomic mass is 14.2. The van der Waals surface area contributed by atoms with Crippen molar-refractivity contribution in [2.45, 2.75) is 53.9 Å². The van der Waals surface area contributed by atoms with Crippen LogP contribution in [0.25, 0.3) is 11.6 Å². The van der Waals surface area contributed by atoms with Gasteiger partial charge in [0.05, 0.1) is 0 Å². The fourth-order valence-corrected chi connectivity index (χ4v) is 2.24. The van der Waals surface area contributed by atoms with E-state index < -0.39 is 0 Å². The highest BCUT2D eigenvalue weighted by Gasteiger charge is 2.11. The fourth-order valence-electron chi connectivity index (χ4n) is 2.24. The number of rotatable bonds is 3. The van der Waals surface area contributed by atoms with Crippen molar-refractivity contribution in [1.82, 2.24) is 0 Å². The first-order chi connectivity index (χ1) is 12.6. The van der Waals surface area contributed by atoms with E-state index in [9.17, 15) is 0 Å². The third-order valence-corrected chi connectivity index (χ3v) is 3.99. The van der Waals surface area contributed by atoms with E-state index in [0.717, 1.165) is 5.57 Å². The monoisotopic (exact) mass is 362 g/mol. The lowest BCUT2D eigenvalue weighted by atomic mass is 9.87. The molecule has 0 amide bonds. The van der Waals surface area contributed by atoms with Crippen LogP contribution >= 0.6 is 0 Å². The van der Waals surface area contributed by atoms with Crippen LogP contribution in [-0.2, 0) is 5.41 Å². The Morgan fingerprint density at radius 3 is 1.74 bits per heavy atom. The maximum absolute atomic E-state index is 3.91. The predicted molar refractivity (Wildman–Crippen MR) is 126 cm³/mol. The summed E-state index contributed by atoms with van der Waals surface area (Å²) in [5.41, 5.74) is 6.61. The van der Waals surface area contributed by atoms with Crippen LogP contribution in [0.15, 0.2) is 74.3 Å². The molecule has 0 nitrogen and oxygen atoms in total. The minimum atomic E-state index is 0.285. The molecule has 0 atom stereocenters. The molecule has 0 fully saturated rings. The van der Waals surface area contributed by atoms with Gasteiger partial charge in [-0.2, -0.15) is 0 Å². The van der Waals surface area contributed by atoms with E-state index >= 15 is 0 Å². The van der Waals surface area contributed by atoms with Crippen LogP contribution in [0.5, 0.6) is 0 Å². The van der Waals surface area contributed by atoms with Crippen molar-refractivity contribution < 1.29 is 0 Å². The van der Waals surface area contributed by atoms with Gasteiger partial charge in [-0.05, 0) is 41.9 Å². The molecule has 0 unspecified atom stereocenters. The summed E-state index contributed by atoms with van der Waals surface area (Å²) < 4.78 is 0. The predicted octanol–water partition coefficient (Wildman–Crippen LogP) is 8.48. The molecule has 0 aromatic heterocycles. The van der Waals surface area contributed by atoms with E-state index in [1.54, 1.807) is 0 Å². The van der Waals surface area contributed by atoms with Crippen molar-refractivity contribution in [3.05, 3.63) is 96.6 Å². The highest BCUT2D eigenvalue weighted by Crippen LogP contribution is 2.21. The maximum Gasteiger partial charge on any atom is -0.0132 e. The summed E-state index contributed by atoms with van der Waals surface area (Å²) in [6.45, 7) is 25.1. The zero-order valence-corrected chi connectivity index (χ0v) is 18.5. The summed E-state index contributed by atoms with van der Waals surface area (Å²) in [5, 5.41) is 0. The molecule has 0 aliphatic carbocycles. The van der Waals surface area contributed by atoms with Crippen LogP contribution in [0.3, 0.4) is 0 Å². The molecule has 0 saturated carbocycles. The van der Waals surface area contributed by atoms with Crippen molar-refractivity contribution in [2.75, 3.05) is 0 Å². The quantitative estimate of drug-likeness (QED) is 0.480. The summed E-state index contributed by atoms with van der Waals surface area (Å²) in [5.74, 6) is 0.607. The minimum Gasteiger partial charge on any atom is -0.106 e. The summed E-state index contributed by atoms with van der Waals surface area (Å²) in [6, 6.07) is 17.2. The van der Waals surface area contributed by atoms with Gasteiger partial charge in [0.1, 0.15) is 0 Å². The summed E-state index contributed by atoms with van der Waals surface area (Å²) in [7, 11) is 0. The second-order valence-corrected chi connectivity index (χ2v) is 8.12. The number of benzene rings is 2. The van der Waals surface area contributed by atoms with E-state index in [0.29, 0.717) is 5.92 Å². The van der Waals surface area contributed by atoms with Crippen molar-refractivity contribution in [3.63, 3.8) is 0 Å². The molecular weight excluding hydrogens is 324 g/mol. The van der Waals surface area contributed by atoms with Gasteiger partial charge in [0.2, 0.25) is 0 Å². The molecule has 0 N–H and O–H groups in total. The first kappa shape index (κ1) is 24.7. The standard InChI is InChI=1S/C14H18.C11H16.C2H4/c1-11(2)5-6-13-7-9-14(10-8-13)12(3)4;1-9-5-7-10(8-6-9)11(2,3)4;1-2/h5-11H,3H2,1-2,4H3;5-8H,1-4H3;1-2H2/b6-5+;;. The molecule has 0 bridgehead atoms. The average molecular weight is 363 g/mol. The topological polar surface area (TPSA) is 0 Å². The van der Waals surface area contributed by atoms with Gasteiger partial charge >= 0.3 is 0 Å². The van der Waals surface area contributed by atoms with Gasteiger partial charge in [0.15, 0.2) is 0 Å². The van der Waals surface area contributed by atoms with Crippen LogP contribution in [-0.4, -0.2) is 0 Å². The number of hydrogen-bond acceptors (Lipinski definition) is 0. The van der Waals surface area contributed by atoms with Gasteiger partial charge in [-0.25, -0.2) is 0 Å². The molecule has 0 saturated heterocycles. The van der Waals surface area contributed by atoms with Gasteiger partial charge in [-0.3, -0.25) is 0 Å². The minimum absolute atomic E-state index is 0.285. The van der Waals surface area contributed by atoms with Crippen LogP contribution in [0, 0.1) is 12.8 Å². The van der Waals surface area contributed by atoms with Crippen LogP contribution < -0.4 is 0 Å². The molecule has 27 heavy (non-hydrogen) atoms. The smallest absolute Gasteiger partial charge is 0.0132 e. The Hall–Kier alpha value is -2.34. The van der Waals surface area contributed by atoms with Crippen molar-refractivity contribution in [2.24, 2.45) is 5.92 Å². The van der Waals surface area contributed by atoms with Crippen molar-refractivity contribution >= 4 is 11.6 Å². The molecule has 0 aliphatic heterocycles. The lowest BCUT2D eigenvalue weighted by Crippen LogP contribution is -2.10. The second-order valence-electron chi connectivity index (χ2n) is 8.12. The van der Waals surface area contributed by atoms with E-state index in [-0.39, 0.29) is 5.41 Å². The van der Waals surface area contributed by atoms with Gasteiger partial charge in [0.25, 0.3) is 0 Å². The van der Waals surface area contributed by atoms with Crippen molar-refractivity contribution in [3.8, 4) is 0 Å². The molecule has 0 radical (unpaired) electrons. The molecule has 2 aromatic carbocycles. The van der Waals surface area contributed by atoms with Crippen molar-refractivity contribution in [1.29, 1.82) is 0 Å². The third kappa shape index (κ3) is 10.4. The Morgan fingerprint density at radius 2 is 1.37 bits per heavy atom. The zero-order chi connectivity index (χ0) is 21.0. The Labute approximate surface area is 168 Å². The van der Waals surface area contributed by atoms with E-state index in [2.05, 4.69) is 122 Å². The zero-order valence-electron chi connectivity index (χ0n) is 18.5. The Bertz CT molecular complexity index is 689. The van der Waals surface area contributed by atoms with E-state index in [4.69, 9.17) is 0 Å². The fraction of sp³-hybridized carbons (Fsp3) is 0.333. The lowest BCUT2D eigenvalue weighted by Gasteiger charge is -2.18. The summed E-state index contributed by atoms with van der Waals surface area (Å²) in [6.07, 6.45) is 4.36. The molecule has 0 spiro atoms. The summed E-state index contributed by atoms with van der Waals surface area (Å²) >= 11 is 0. The molecule has 0 heteroatoms. The SMILES string of the molecule is C=C.C=C(C)c1ccc(/C=C/C(C)C)cc1.Cc1ccc(C(C)(C)C)cc1. The molecule has 2 rings (SSSR count). The normalized spacial score (nSPS) is 10.7. The van der Waals surface area contributed by atoms with Crippen LogP contribution in [0.2, 0.25) is 0 Å². The maximum atomic E-state index is 3.91. The molecule has 0 heterocycles. The Morgan fingerprint density at radius 1 is 0.889 bits per heavy atom. The number of aryl methyl sites for hydroxylation is 1. The third-order valence-electron chi connectivity index (χ3n) is 3.99. The van der Waals surface area contributed by atoms with Gasteiger partial charge in [-0.1, -0.05) is 113 Å². The highest BCUT2D eigenvalue weighted by molar-refractivity contribution is 5.63. The van der Waals surface area contributed by atoms with E-state index in [1.165, 1.54) is 22.3 Å². The largest absolute Gasteiger partial charge is 0.106 e. The van der Waals surface area contributed by atoms with E-state index in [1.807, 2.05) is 6.92 Å². The second kappa shape index (κ2) is 12.1.